The Morgan fingerprint density at radius 2 is 1.22 bits per heavy atom. The zero-order valence-corrected chi connectivity index (χ0v) is 17.9. The van der Waals surface area contributed by atoms with Gasteiger partial charge in [-0.2, -0.15) is 0 Å². The van der Waals surface area contributed by atoms with E-state index in [0.29, 0.717) is 0 Å². The fourth-order valence-electron chi connectivity index (χ4n) is 4.26. The van der Waals surface area contributed by atoms with Crippen molar-refractivity contribution in [2.24, 2.45) is 0 Å². The van der Waals surface area contributed by atoms with Crippen LogP contribution in [0.5, 0.6) is 0 Å². The molecule has 152 valence electrons. The standard InChI is InChI=1S/C29H18FNS/c30-22-10-6-8-20(18-22)19-7-5-9-21(17-19)23-15-16-26(25-12-2-1-11-24(23)25)29-31-27-13-3-4-14-28(27)32-29/h1-18H. The molecule has 0 bridgehead atoms. The maximum absolute atomic E-state index is 13.8. The van der Waals surface area contributed by atoms with Crippen LogP contribution in [0.3, 0.4) is 0 Å². The van der Waals surface area contributed by atoms with E-state index in [1.807, 2.05) is 24.3 Å². The lowest BCUT2D eigenvalue weighted by atomic mass is 9.93. The van der Waals surface area contributed by atoms with Crippen LogP contribution >= 0.6 is 11.3 Å². The monoisotopic (exact) mass is 431 g/mol. The number of hydrogen-bond acceptors (Lipinski definition) is 2. The van der Waals surface area contributed by atoms with Crippen LogP contribution in [0.2, 0.25) is 0 Å². The van der Waals surface area contributed by atoms with E-state index in [9.17, 15) is 4.39 Å². The molecule has 5 aromatic carbocycles. The van der Waals surface area contributed by atoms with E-state index in [1.165, 1.54) is 21.5 Å². The molecule has 1 heterocycles. The van der Waals surface area contributed by atoms with E-state index in [1.54, 1.807) is 23.5 Å². The lowest BCUT2D eigenvalue weighted by Crippen LogP contribution is -1.87. The molecular weight excluding hydrogens is 413 g/mol. The summed E-state index contributed by atoms with van der Waals surface area (Å²) in [5, 5.41) is 3.39. The molecule has 0 atom stereocenters. The van der Waals surface area contributed by atoms with Crippen LogP contribution in [0, 0.1) is 5.82 Å². The molecule has 0 aliphatic heterocycles. The van der Waals surface area contributed by atoms with Gasteiger partial charge in [0, 0.05) is 5.56 Å². The van der Waals surface area contributed by atoms with Crippen LogP contribution in [-0.4, -0.2) is 4.98 Å². The summed E-state index contributed by atoms with van der Waals surface area (Å²) in [5.41, 5.74) is 6.32. The summed E-state index contributed by atoms with van der Waals surface area (Å²) in [5.74, 6) is -0.224. The SMILES string of the molecule is Fc1cccc(-c2cccc(-c3ccc(-c4nc5ccccc5s4)c4ccccc34)c2)c1. The Bertz CT molecular complexity index is 1570. The lowest BCUT2D eigenvalue weighted by Gasteiger charge is -2.12. The Kier molecular flexibility index (Phi) is 4.55. The van der Waals surface area contributed by atoms with Gasteiger partial charge in [-0.15, -0.1) is 11.3 Å². The number of halogens is 1. The Hall–Kier alpha value is -3.82. The second-order valence-electron chi connectivity index (χ2n) is 7.78. The van der Waals surface area contributed by atoms with E-state index in [-0.39, 0.29) is 5.82 Å². The average Bonchev–Trinajstić information content (AvgIpc) is 3.27. The zero-order valence-electron chi connectivity index (χ0n) is 17.1. The quantitative estimate of drug-likeness (QED) is 0.273. The summed E-state index contributed by atoms with van der Waals surface area (Å²) in [6.45, 7) is 0. The van der Waals surface area contributed by atoms with Gasteiger partial charge in [0.2, 0.25) is 0 Å². The molecule has 0 spiro atoms. The second-order valence-corrected chi connectivity index (χ2v) is 8.81. The number of rotatable bonds is 3. The summed E-state index contributed by atoms with van der Waals surface area (Å²) in [6, 6.07) is 36.1. The first-order valence-electron chi connectivity index (χ1n) is 10.5. The van der Waals surface area contributed by atoms with Crippen molar-refractivity contribution >= 4 is 32.3 Å². The van der Waals surface area contributed by atoms with E-state index < -0.39 is 0 Å². The molecule has 1 nitrogen and oxygen atoms in total. The fourth-order valence-corrected chi connectivity index (χ4v) is 5.26. The molecule has 0 amide bonds. The van der Waals surface area contributed by atoms with Crippen LogP contribution in [0.1, 0.15) is 0 Å². The lowest BCUT2D eigenvalue weighted by molar-refractivity contribution is 0.628. The maximum Gasteiger partial charge on any atom is 0.125 e. The molecule has 0 aliphatic carbocycles. The van der Waals surface area contributed by atoms with Gasteiger partial charge in [-0.25, -0.2) is 9.37 Å². The zero-order chi connectivity index (χ0) is 21.5. The highest BCUT2D eigenvalue weighted by molar-refractivity contribution is 7.21. The number of aromatic nitrogens is 1. The maximum atomic E-state index is 13.8. The van der Waals surface area contributed by atoms with E-state index in [4.69, 9.17) is 4.98 Å². The summed E-state index contributed by atoms with van der Waals surface area (Å²) in [4.78, 5) is 4.88. The van der Waals surface area contributed by atoms with Crippen molar-refractivity contribution in [1.29, 1.82) is 0 Å². The molecule has 6 aromatic rings. The summed E-state index contributed by atoms with van der Waals surface area (Å²) < 4.78 is 15.0. The van der Waals surface area contributed by atoms with Crippen LogP contribution in [0.15, 0.2) is 109 Å². The summed E-state index contributed by atoms with van der Waals surface area (Å²) in [6.07, 6.45) is 0. The number of benzene rings is 5. The van der Waals surface area contributed by atoms with Gasteiger partial charge in [0.1, 0.15) is 10.8 Å². The van der Waals surface area contributed by atoms with Crippen molar-refractivity contribution in [1.82, 2.24) is 4.98 Å². The molecule has 0 aliphatic rings. The molecule has 6 rings (SSSR count). The number of fused-ring (bicyclic) bond motifs is 2. The first kappa shape index (κ1) is 18.9. The molecule has 0 fully saturated rings. The van der Waals surface area contributed by atoms with Crippen molar-refractivity contribution in [3.05, 3.63) is 115 Å². The first-order chi connectivity index (χ1) is 15.8. The predicted octanol–water partition coefficient (Wildman–Crippen LogP) is 8.59. The Balaban J connectivity index is 1.52. The highest BCUT2D eigenvalue weighted by Crippen LogP contribution is 2.39. The molecule has 0 N–H and O–H groups in total. The van der Waals surface area contributed by atoms with Gasteiger partial charge in [-0.3, -0.25) is 0 Å². The van der Waals surface area contributed by atoms with Gasteiger partial charge in [0.25, 0.3) is 0 Å². The summed E-state index contributed by atoms with van der Waals surface area (Å²) in [7, 11) is 0. The topological polar surface area (TPSA) is 12.9 Å². The third kappa shape index (κ3) is 3.28. The van der Waals surface area contributed by atoms with Gasteiger partial charge in [-0.1, -0.05) is 78.9 Å². The molecule has 0 radical (unpaired) electrons. The van der Waals surface area contributed by atoms with Gasteiger partial charge < -0.3 is 0 Å². The number of hydrogen-bond donors (Lipinski definition) is 0. The van der Waals surface area contributed by atoms with E-state index >= 15 is 0 Å². The minimum Gasteiger partial charge on any atom is -0.236 e. The van der Waals surface area contributed by atoms with Crippen molar-refractivity contribution in [3.8, 4) is 32.8 Å². The van der Waals surface area contributed by atoms with Crippen molar-refractivity contribution in [3.63, 3.8) is 0 Å². The molecule has 0 unspecified atom stereocenters. The van der Waals surface area contributed by atoms with Gasteiger partial charge in [0.05, 0.1) is 10.2 Å². The molecule has 0 saturated heterocycles. The molecule has 1 aromatic heterocycles. The highest BCUT2D eigenvalue weighted by atomic mass is 32.1. The van der Waals surface area contributed by atoms with E-state index in [0.717, 1.165) is 38.3 Å². The second kappa shape index (κ2) is 7.70. The third-order valence-corrected chi connectivity index (χ3v) is 6.85. The minimum absolute atomic E-state index is 0.224. The number of para-hydroxylation sites is 1. The number of nitrogens with zero attached hydrogens (tertiary/aromatic N) is 1. The highest BCUT2D eigenvalue weighted by Gasteiger charge is 2.13. The normalized spacial score (nSPS) is 11.3. The van der Waals surface area contributed by atoms with Crippen LogP contribution in [0.25, 0.3) is 53.8 Å². The molecule has 0 saturated carbocycles. The minimum atomic E-state index is -0.224. The smallest absolute Gasteiger partial charge is 0.125 e. The van der Waals surface area contributed by atoms with Crippen molar-refractivity contribution < 1.29 is 4.39 Å². The van der Waals surface area contributed by atoms with Crippen molar-refractivity contribution in [2.45, 2.75) is 0 Å². The number of thiazole rings is 1. The Morgan fingerprint density at radius 1 is 0.562 bits per heavy atom. The van der Waals surface area contributed by atoms with Gasteiger partial charge in [-0.05, 0) is 63.4 Å². The van der Waals surface area contributed by atoms with Gasteiger partial charge in [0.15, 0.2) is 0 Å². The van der Waals surface area contributed by atoms with Gasteiger partial charge >= 0.3 is 0 Å². The Morgan fingerprint density at radius 3 is 2.03 bits per heavy atom. The van der Waals surface area contributed by atoms with Crippen molar-refractivity contribution in [2.75, 3.05) is 0 Å². The van der Waals surface area contributed by atoms with E-state index in [2.05, 4.69) is 66.7 Å². The molecular formula is C29H18FNS. The first-order valence-corrected chi connectivity index (χ1v) is 11.3. The predicted molar refractivity (Wildman–Crippen MR) is 133 cm³/mol. The summed E-state index contributed by atoms with van der Waals surface area (Å²) >= 11 is 1.72. The third-order valence-electron chi connectivity index (χ3n) is 5.78. The Labute approximate surface area is 189 Å². The molecule has 3 heteroatoms. The van der Waals surface area contributed by atoms with Crippen LogP contribution in [0.4, 0.5) is 4.39 Å². The molecule has 32 heavy (non-hydrogen) atoms. The fraction of sp³-hybridized carbons (Fsp3) is 0. The largest absolute Gasteiger partial charge is 0.236 e. The average molecular weight is 432 g/mol. The van der Waals surface area contributed by atoms with Crippen LogP contribution in [-0.2, 0) is 0 Å². The van der Waals surface area contributed by atoms with Crippen LogP contribution < -0.4 is 0 Å².